The summed E-state index contributed by atoms with van der Waals surface area (Å²) < 4.78 is 5.32. The second kappa shape index (κ2) is 10.4. The average molecular weight is 421 g/mol. The fourth-order valence-corrected chi connectivity index (χ4v) is 3.97. The Morgan fingerprint density at radius 1 is 0.839 bits per heavy atom. The van der Waals surface area contributed by atoms with Crippen LogP contribution in [-0.2, 0) is 6.42 Å². The first-order valence-electron chi connectivity index (χ1n) is 11.0. The van der Waals surface area contributed by atoms with Crippen LogP contribution in [0.3, 0.4) is 0 Å². The molecule has 1 unspecified atom stereocenters. The van der Waals surface area contributed by atoms with Crippen LogP contribution < -0.4 is 4.74 Å². The molecule has 0 aromatic heterocycles. The first-order chi connectivity index (χ1) is 14.7. The number of phenolic OH excluding ortho intramolecular Hbond substituents is 2. The van der Waals surface area contributed by atoms with Gasteiger partial charge in [-0.25, -0.2) is 0 Å². The summed E-state index contributed by atoms with van der Waals surface area (Å²) in [5.41, 5.74) is 4.93. The van der Waals surface area contributed by atoms with Crippen molar-refractivity contribution in [3.05, 3.63) is 77.4 Å². The second-order valence-electron chi connectivity index (χ2n) is 8.55. The molecule has 3 aromatic carbocycles. The van der Waals surface area contributed by atoms with Gasteiger partial charge in [-0.2, -0.15) is 0 Å². The number of methoxy groups -OCH3 is 1. The van der Waals surface area contributed by atoms with Crippen LogP contribution in [0, 0.1) is 5.41 Å². The van der Waals surface area contributed by atoms with Gasteiger partial charge in [-0.1, -0.05) is 65.8 Å². The largest absolute Gasteiger partial charge is 0.508 e. The SMILES string of the molecule is CC.CCc1cc(-c2ccc(O)cc2)cc(C(c2ccc(OC)cc2)C(C)(C)C)c1O. The van der Waals surface area contributed by atoms with Gasteiger partial charge in [-0.3, -0.25) is 0 Å². The molecule has 0 spiro atoms. The van der Waals surface area contributed by atoms with Crippen LogP contribution in [0.1, 0.15) is 64.2 Å². The molecule has 0 fully saturated rings. The molecule has 0 saturated carbocycles. The van der Waals surface area contributed by atoms with Gasteiger partial charge >= 0.3 is 0 Å². The van der Waals surface area contributed by atoms with Crippen LogP contribution in [-0.4, -0.2) is 17.3 Å². The Bertz CT molecular complexity index is 965. The monoisotopic (exact) mass is 420 g/mol. The predicted molar refractivity (Wildman–Crippen MR) is 130 cm³/mol. The molecule has 0 radical (unpaired) electrons. The molecular formula is C28H36O3. The molecule has 1 atom stereocenters. The van der Waals surface area contributed by atoms with Gasteiger partial charge in [0.1, 0.15) is 17.2 Å². The van der Waals surface area contributed by atoms with Crippen molar-refractivity contribution < 1.29 is 14.9 Å². The first-order valence-corrected chi connectivity index (χ1v) is 11.0. The number of aryl methyl sites for hydroxylation is 1. The van der Waals surface area contributed by atoms with Crippen LogP contribution in [0.25, 0.3) is 11.1 Å². The quantitative estimate of drug-likeness (QED) is 0.448. The van der Waals surface area contributed by atoms with Crippen molar-refractivity contribution >= 4 is 0 Å². The van der Waals surface area contributed by atoms with Crippen molar-refractivity contribution in [2.45, 2.75) is 53.9 Å². The molecule has 31 heavy (non-hydrogen) atoms. The van der Waals surface area contributed by atoms with Crippen molar-refractivity contribution in [1.82, 2.24) is 0 Å². The van der Waals surface area contributed by atoms with Crippen molar-refractivity contribution in [1.29, 1.82) is 0 Å². The zero-order chi connectivity index (χ0) is 23.2. The molecule has 0 bridgehead atoms. The summed E-state index contributed by atoms with van der Waals surface area (Å²) in [4.78, 5) is 0. The minimum absolute atomic E-state index is 0.00997. The van der Waals surface area contributed by atoms with Crippen LogP contribution in [0.2, 0.25) is 0 Å². The number of rotatable bonds is 5. The lowest BCUT2D eigenvalue weighted by Gasteiger charge is -2.33. The molecule has 0 aliphatic rings. The molecule has 3 heteroatoms. The number of aromatic hydroxyl groups is 2. The Hall–Kier alpha value is -2.94. The van der Waals surface area contributed by atoms with Crippen molar-refractivity contribution in [2.75, 3.05) is 7.11 Å². The fourth-order valence-electron chi connectivity index (χ4n) is 3.97. The van der Waals surface area contributed by atoms with E-state index < -0.39 is 0 Å². The highest BCUT2D eigenvalue weighted by atomic mass is 16.5. The molecule has 0 heterocycles. The third kappa shape index (κ3) is 5.61. The molecule has 3 nitrogen and oxygen atoms in total. The van der Waals surface area contributed by atoms with Gasteiger partial charge in [-0.05, 0) is 70.5 Å². The Balaban J connectivity index is 0.00000166. The molecule has 3 rings (SSSR count). The van der Waals surface area contributed by atoms with E-state index in [-0.39, 0.29) is 17.1 Å². The van der Waals surface area contributed by atoms with Crippen molar-refractivity contribution in [3.63, 3.8) is 0 Å². The summed E-state index contributed by atoms with van der Waals surface area (Å²) in [5.74, 6) is 1.44. The van der Waals surface area contributed by atoms with Gasteiger partial charge in [0.05, 0.1) is 7.11 Å². The van der Waals surface area contributed by atoms with Crippen molar-refractivity contribution in [3.8, 4) is 28.4 Å². The van der Waals surface area contributed by atoms with Crippen molar-refractivity contribution in [2.24, 2.45) is 5.41 Å². The zero-order valence-corrected chi connectivity index (χ0v) is 19.9. The molecule has 3 aromatic rings. The van der Waals surface area contributed by atoms with Gasteiger partial charge < -0.3 is 14.9 Å². The number of ether oxygens (including phenoxy) is 1. The lowest BCUT2D eigenvalue weighted by Crippen LogP contribution is -2.20. The zero-order valence-electron chi connectivity index (χ0n) is 19.9. The number of hydrogen-bond donors (Lipinski definition) is 2. The van der Waals surface area contributed by atoms with E-state index in [1.807, 2.05) is 44.2 Å². The van der Waals surface area contributed by atoms with E-state index in [4.69, 9.17) is 4.74 Å². The molecule has 166 valence electrons. The van der Waals surface area contributed by atoms with E-state index in [1.54, 1.807) is 19.2 Å². The lowest BCUT2D eigenvalue weighted by atomic mass is 9.71. The summed E-state index contributed by atoms with van der Waals surface area (Å²) in [6.45, 7) is 12.6. The smallest absolute Gasteiger partial charge is 0.122 e. The molecule has 2 N–H and O–H groups in total. The maximum Gasteiger partial charge on any atom is 0.122 e. The third-order valence-corrected chi connectivity index (χ3v) is 5.43. The normalized spacial score (nSPS) is 12.0. The van der Waals surface area contributed by atoms with E-state index in [0.29, 0.717) is 5.75 Å². The highest BCUT2D eigenvalue weighted by Gasteiger charge is 2.31. The minimum Gasteiger partial charge on any atom is -0.508 e. The predicted octanol–water partition coefficient (Wildman–Crippen LogP) is 7.54. The molecular weight excluding hydrogens is 384 g/mol. The maximum absolute atomic E-state index is 11.1. The van der Waals surface area contributed by atoms with E-state index in [2.05, 4.69) is 45.9 Å². The number of phenols is 2. The summed E-state index contributed by atoms with van der Waals surface area (Å²) in [6.07, 6.45) is 0.740. The minimum atomic E-state index is -0.106. The maximum atomic E-state index is 11.1. The molecule has 0 aliphatic heterocycles. The summed E-state index contributed by atoms with van der Waals surface area (Å²) in [6, 6.07) is 19.4. The second-order valence-corrected chi connectivity index (χ2v) is 8.55. The number of benzene rings is 3. The summed E-state index contributed by atoms with van der Waals surface area (Å²) in [7, 11) is 1.66. The summed E-state index contributed by atoms with van der Waals surface area (Å²) in [5, 5.41) is 20.8. The topological polar surface area (TPSA) is 49.7 Å². The number of hydrogen-bond acceptors (Lipinski definition) is 3. The molecule has 0 aliphatic carbocycles. The molecule has 0 amide bonds. The Kier molecular flexibility index (Phi) is 8.15. The Morgan fingerprint density at radius 2 is 1.42 bits per heavy atom. The van der Waals surface area contributed by atoms with Gasteiger partial charge in [-0.15, -0.1) is 0 Å². The van der Waals surface area contributed by atoms with Crippen LogP contribution in [0.4, 0.5) is 0 Å². The standard InChI is InChI=1S/C26H30O3.C2H6/c1-6-17-15-20(18-7-11-21(27)12-8-18)16-23(25(17)28)24(26(2,3)4)19-9-13-22(29-5)14-10-19;1-2/h7-16,24,27-28H,6H2,1-5H3;1-2H3. The van der Waals surface area contributed by atoms with Crippen LogP contribution in [0.15, 0.2) is 60.7 Å². The van der Waals surface area contributed by atoms with E-state index in [1.165, 1.54) is 0 Å². The van der Waals surface area contributed by atoms with Crippen LogP contribution in [0.5, 0.6) is 17.2 Å². The van der Waals surface area contributed by atoms with E-state index >= 15 is 0 Å². The highest BCUT2D eigenvalue weighted by molar-refractivity contribution is 5.69. The fraction of sp³-hybridized carbons (Fsp3) is 0.357. The van der Waals surface area contributed by atoms with Gasteiger partial charge in [0.15, 0.2) is 0 Å². The molecule has 0 saturated heterocycles. The lowest BCUT2D eigenvalue weighted by molar-refractivity contribution is 0.346. The highest BCUT2D eigenvalue weighted by Crippen LogP contribution is 2.46. The van der Waals surface area contributed by atoms with E-state index in [0.717, 1.165) is 40.0 Å². The Labute approximate surface area is 187 Å². The van der Waals surface area contributed by atoms with E-state index in [9.17, 15) is 10.2 Å². The van der Waals surface area contributed by atoms with Crippen LogP contribution >= 0.6 is 0 Å². The Morgan fingerprint density at radius 3 is 1.90 bits per heavy atom. The average Bonchev–Trinajstić information content (AvgIpc) is 2.76. The van der Waals surface area contributed by atoms with Gasteiger partial charge in [0, 0.05) is 11.5 Å². The first kappa shape index (κ1) is 24.3. The third-order valence-electron chi connectivity index (χ3n) is 5.43. The van der Waals surface area contributed by atoms with Gasteiger partial charge in [0.25, 0.3) is 0 Å². The summed E-state index contributed by atoms with van der Waals surface area (Å²) >= 11 is 0. The van der Waals surface area contributed by atoms with Gasteiger partial charge in [0.2, 0.25) is 0 Å².